The monoisotopic (exact) mass is 282 g/mol. The van der Waals surface area contributed by atoms with Gasteiger partial charge in [-0.05, 0) is 49.7 Å². The number of benzene rings is 1. The second-order valence-corrected chi connectivity index (χ2v) is 6.44. The van der Waals surface area contributed by atoms with E-state index in [1.165, 1.54) is 44.2 Å². The van der Waals surface area contributed by atoms with Crippen LogP contribution in [0.5, 0.6) is 0 Å². The first-order valence-electron chi connectivity index (χ1n) is 8.15. The largest absolute Gasteiger partial charge is 0.323 e. The van der Waals surface area contributed by atoms with E-state index >= 15 is 0 Å². The van der Waals surface area contributed by atoms with E-state index in [0.29, 0.717) is 0 Å². The summed E-state index contributed by atoms with van der Waals surface area (Å²) in [6, 6.07) is 8.06. The predicted molar refractivity (Wildman–Crippen MR) is 86.5 cm³/mol. The zero-order valence-electron chi connectivity index (χ0n) is 12.3. The van der Waals surface area contributed by atoms with Gasteiger partial charge in [-0.2, -0.15) is 5.10 Å². The van der Waals surface area contributed by atoms with Crippen LogP contribution in [-0.4, -0.2) is 15.7 Å². The Morgan fingerprint density at radius 1 is 1.10 bits per heavy atom. The molecule has 2 fully saturated rings. The number of nitrogens with one attached hydrogen (secondary N) is 2. The lowest BCUT2D eigenvalue weighted by Crippen LogP contribution is -2.28. The Balaban J connectivity index is 1.45. The van der Waals surface area contributed by atoms with E-state index in [1.54, 1.807) is 0 Å². The fourth-order valence-corrected chi connectivity index (χ4v) is 3.93. The van der Waals surface area contributed by atoms with Crippen molar-refractivity contribution in [1.29, 1.82) is 0 Å². The first-order chi connectivity index (χ1) is 10.4. The molecule has 2 atom stereocenters. The summed E-state index contributed by atoms with van der Waals surface area (Å²) in [5.74, 6) is 2.59. The van der Waals surface area contributed by atoms with Gasteiger partial charge in [-0.3, -0.25) is 0 Å². The topological polar surface area (TPSA) is 53.1 Å². The van der Waals surface area contributed by atoms with Crippen molar-refractivity contribution < 1.29 is 0 Å². The second-order valence-electron chi connectivity index (χ2n) is 6.44. The van der Waals surface area contributed by atoms with Gasteiger partial charge in [0.05, 0.1) is 11.0 Å². The first-order valence-corrected chi connectivity index (χ1v) is 8.15. The summed E-state index contributed by atoms with van der Waals surface area (Å²) < 4.78 is 0. The number of hydrogen-bond donors (Lipinski definition) is 2. The molecule has 0 amide bonds. The number of H-pyrrole nitrogens is 1. The Labute approximate surface area is 125 Å². The molecule has 21 heavy (non-hydrogen) atoms. The summed E-state index contributed by atoms with van der Waals surface area (Å²) in [6.45, 7) is 0. The van der Waals surface area contributed by atoms with Crippen LogP contribution in [0.15, 0.2) is 29.4 Å². The Morgan fingerprint density at radius 3 is 2.86 bits per heavy atom. The maximum atomic E-state index is 4.61. The van der Waals surface area contributed by atoms with Crippen molar-refractivity contribution in [3.63, 3.8) is 0 Å². The molecular formula is C17H22N4. The van der Waals surface area contributed by atoms with Crippen LogP contribution in [0.1, 0.15) is 44.9 Å². The lowest BCUT2D eigenvalue weighted by Gasteiger charge is -2.35. The average Bonchev–Trinajstić information content (AvgIpc) is 2.95. The van der Waals surface area contributed by atoms with Crippen LogP contribution >= 0.6 is 0 Å². The number of hydrazone groups is 1. The van der Waals surface area contributed by atoms with Crippen molar-refractivity contribution in [2.45, 2.75) is 44.9 Å². The minimum atomic E-state index is 0.745. The van der Waals surface area contributed by atoms with Crippen LogP contribution in [0, 0.1) is 11.8 Å². The zero-order chi connectivity index (χ0) is 14.1. The van der Waals surface area contributed by atoms with Crippen LogP contribution in [0.4, 0.5) is 5.95 Å². The maximum Gasteiger partial charge on any atom is 0.222 e. The highest BCUT2D eigenvalue weighted by molar-refractivity contribution is 5.86. The van der Waals surface area contributed by atoms with Crippen LogP contribution in [0.25, 0.3) is 11.0 Å². The van der Waals surface area contributed by atoms with Crippen molar-refractivity contribution in [2.24, 2.45) is 16.9 Å². The summed E-state index contributed by atoms with van der Waals surface area (Å²) in [6.07, 6.45) is 9.33. The molecule has 4 nitrogen and oxygen atoms in total. The first kappa shape index (κ1) is 12.9. The fourth-order valence-electron chi connectivity index (χ4n) is 3.93. The van der Waals surface area contributed by atoms with Gasteiger partial charge in [-0.25, -0.2) is 10.4 Å². The van der Waals surface area contributed by atoms with E-state index in [4.69, 9.17) is 0 Å². The molecule has 1 aromatic carbocycles. The van der Waals surface area contributed by atoms with Gasteiger partial charge in [0, 0.05) is 5.71 Å². The molecule has 2 aliphatic carbocycles. The molecule has 2 saturated carbocycles. The van der Waals surface area contributed by atoms with Gasteiger partial charge < -0.3 is 4.98 Å². The Hall–Kier alpha value is -1.84. The van der Waals surface area contributed by atoms with E-state index in [2.05, 4.69) is 20.5 Å². The molecule has 4 heteroatoms. The number of aromatic amines is 1. The van der Waals surface area contributed by atoms with Gasteiger partial charge in [0.1, 0.15) is 0 Å². The molecule has 0 spiro atoms. The van der Waals surface area contributed by atoms with Gasteiger partial charge in [-0.1, -0.05) is 31.4 Å². The zero-order valence-corrected chi connectivity index (χ0v) is 12.3. The van der Waals surface area contributed by atoms with Crippen LogP contribution in [0.2, 0.25) is 0 Å². The van der Waals surface area contributed by atoms with Gasteiger partial charge in [0.2, 0.25) is 5.95 Å². The molecule has 2 N–H and O–H groups in total. The summed E-state index contributed by atoms with van der Waals surface area (Å²) in [4.78, 5) is 7.77. The van der Waals surface area contributed by atoms with Gasteiger partial charge in [-0.15, -0.1) is 0 Å². The lowest BCUT2D eigenvalue weighted by molar-refractivity contribution is 0.218. The Bertz CT molecular complexity index is 625. The minimum Gasteiger partial charge on any atom is -0.323 e. The van der Waals surface area contributed by atoms with E-state index in [0.717, 1.165) is 35.2 Å². The van der Waals surface area contributed by atoms with E-state index in [9.17, 15) is 0 Å². The highest BCUT2D eigenvalue weighted by atomic mass is 15.4. The van der Waals surface area contributed by atoms with Crippen molar-refractivity contribution in [3.05, 3.63) is 24.3 Å². The van der Waals surface area contributed by atoms with Crippen molar-refractivity contribution in [1.82, 2.24) is 9.97 Å². The summed E-state index contributed by atoms with van der Waals surface area (Å²) in [7, 11) is 0. The van der Waals surface area contributed by atoms with Crippen LogP contribution in [0.3, 0.4) is 0 Å². The van der Waals surface area contributed by atoms with E-state index in [-0.39, 0.29) is 0 Å². The second kappa shape index (κ2) is 5.51. The van der Waals surface area contributed by atoms with Crippen molar-refractivity contribution in [2.75, 3.05) is 5.43 Å². The molecule has 4 rings (SSSR count). The molecule has 2 aliphatic rings. The highest BCUT2D eigenvalue weighted by Crippen LogP contribution is 2.39. The molecule has 1 heterocycles. The lowest BCUT2D eigenvalue weighted by atomic mass is 9.70. The molecule has 0 radical (unpaired) electrons. The molecule has 110 valence electrons. The number of aromatic nitrogens is 2. The summed E-state index contributed by atoms with van der Waals surface area (Å²) in [5.41, 5.74) is 6.47. The Kier molecular flexibility index (Phi) is 3.37. The molecule has 0 saturated heterocycles. The Morgan fingerprint density at radius 2 is 1.95 bits per heavy atom. The number of fused-ring (bicyclic) bond motifs is 2. The quantitative estimate of drug-likeness (QED) is 0.806. The van der Waals surface area contributed by atoms with Gasteiger partial charge in [0.15, 0.2) is 0 Å². The summed E-state index contributed by atoms with van der Waals surface area (Å²) in [5, 5.41) is 4.61. The summed E-state index contributed by atoms with van der Waals surface area (Å²) >= 11 is 0. The van der Waals surface area contributed by atoms with Crippen LogP contribution in [-0.2, 0) is 0 Å². The smallest absolute Gasteiger partial charge is 0.222 e. The molecular weight excluding hydrogens is 260 g/mol. The molecule has 2 aromatic rings. The normalized spacial score (nSPS) is 27.7. The third-order valence-electron chi connectivity index (χ3n) is 5.08. The highest BCUT2D eigenvalue weighted by Gasteiger charge is 2.30. The standard InChI is InChI=1S/C17H22N4/c1-2-6-13-11-14(10-9-12(13)5-1)20-21-17-18-15-7-3-4-8-16(15)19-17/h3-4,7-8,12-13H,1-2,5-6,9-11H2,(H2,18,19,21)/b20-14-/t12-,13+/m1/s1. The third kappa shape index (κ3) is 2.67. The molecule has 0 unspecified atom stereocenters. The number of imidazole rings is 1. The van der Waals surface area contributed by atoms with Crippen LogP contribution < -0.4 is 5.43 Å². The number of nitrogens with zero attached hydrogens (tertiary/aromatic N) is 2. The average molecular weight is 282 g/mol. The van der Waals surface area contributed by atoms with E-state index in [1.807, 2.05) is 24.3 Å². The third-order valence-corrected chi connectivity index (χ3v) is 5.08. The van der Waals surface area contributed by atoms with Gasteiger partial charge >= 0.3 is 0 Å². The minimum absolute atomic E-state index is 0.745. The molecule has 0 bridgehead atoms. The molecule has 0 aliphatic heterocycles. The maximum absolute atomic E-state index is 4.61. The van der Waals surface area contributed by atoms with E-state index < -0.39 is 0 Å². The SMILES string of the molecule is c1ccc2[nH]c(N/N=C3/CC[C@H]4CCCC[C@H]4C3)nc2c1. The van der Waals surface area contributed by atoms with Crippen molar-refractivity contribution in [3.8, 4) is 0 Å². The fraction of sp³-hybridized carbons (Fsp3) is 0.529. The number of para-hydroxylation sites is 2. The number of rotatable bonds is 2. The predicted octanol–water partition coefficient (Wildman–Crippen LogP) is 4.32. The number of hydrogen-bond acceptors (Lipinski definition) is 3. The van der Waals surface area contributed by atoms with Crippen molar-refractivity contribution >= 4 is 22.7 Å². The van der Waals surface area contributed by atoms with Gasteiger partial charge in [0.25, 0.3) is 0 Å². The number of anilines is 1. The molecule has 1 aromatic heterocycles.